The van der Waals surface area contributed by atoms with Crippen molar-refractivity contribution in [3.05, 3.63) is 23.8 Å². The molecule has 0 heterocycles. The zero-order valence-corrected chi connectivity index (χ0v) is 12.4. The summed E-state index contributed by atoms with van der Waals surface area (Å²) in [5.74, 6) is 0.157. The van der Waals surface area contributed by atoms with Crippen LogP contribution in [0, 0.1) is 0 Å². The Kier molecular flexibility index (Phi) is 6.56. The predicted octanol–water partition coefficient (Wildman–Crippen LogP) is 1.79. The van der Waals surface area contributed by atoms with Gasteiger partial charge in [0, 0.05) is 50.1 Å². The number of amides is 1. The van der Waals surface area contributed by atoms with Gasteiger partial charge in [-0.25, -0.2) is 0 Å². The number of carbonyl (C=O) groups is 1. The number of carbonyl (C=O) groups excluding carboxylic acids is 1. The van der Waals surface area contributed by atoms with Crippen molar-refractivity contribution in [3.63, 3.8) is 0 Å². The summed E-state index contributed by atoms with van der Waals surface area (Å²) >= 11 is 0. The molecule has 0 bridgehead atoms. The summed E-state index contributed by atoms with van der Waals surface area (Å²) in [6.45, 7) is 8.44. The van der Waals surface area contributed by atoms with Crippen LogP contribution in [0.3, 0.4) is 0 Å². The van der Waals surface area contributed by atoms with Gasteiger partial charge in [0.2, 0.25) is 5.91 Å². The second-order valence-electron chi connectivity index (χ2n) is 4.43. The maximum atomic E-state index is 10.7. The van der Waals surface area contributed by atoms with E-state index in [0.29, 0.717) is 18.7 Å². The molecule has 1 aromatic rings. The quantitative estimate of drug-likeness (QED) is 0.590. The average molecular weight is 277 g/mol. The maximum absolute atomic E-state index is 10.7. The Balaban J connectivity index is 2.64. The number of nitrogens with one attached hydrogen (secondary N) is 1. The molecule has 20 heavy (non-hydrogen) atoms. The molecule has 2 N–H and O–H groups in total. The Hall–Kier alpha value is -2.04. The molecular weight excluding hydrogens is 254 g/mol. The highest BCUT2D eigenvalue weighted by molar-refractivity contribution is 5.84. The number of phenolic OH excluding ortho intramolecular Hbond substituents is 1. The standard InChI is InChI=1S/C15H23N3O2/c1-4-18(5-2)14-7-6-13(15(20)10-14)11-16-8-9-17-12(3)19/h6-7,10-11,20H,4-5,8-9H2,1-3H3,(H,17,19). The topological polar surface area (TPSA) is 64.9 Å². The highest BCUT2D eigenvalue weighted by atomic mass is 16.3. The van der Waals surface area contributed by atoms with Crippen molar-refractivity contribution in [2.45, 2.75) is 20.8 Å². The molecule has 0 radical (unpaired) electrons. The lowest BCUT2D eigenvalue weighted by atomic mass is 10.2. The zero-order valence-electron chi connectivity index (χ0n) is 12.4. The van der Waals surface area contributed by atoms with E-state index in [-0.39, 0.29) is 11.7 Å². The van der Waals surface area contributed by atoms with E-state index in [9.17, 15) is 9.90 Å². The van der Waals surface area contributed by atoms with Crippen molar-refractivity contribution in [1.29, 1.82) is 0 Å². The van der Waals surface area contributed by atoms with E-state index < -0.39 is 0 Å². The van der Waals surface area contributed by atoms with Crippen LogP contribution in [0.2, 0.25) is 0 Å². The fraction of sp³-hybridized carbons (Fsp3) is 0.467. The summed E-state index contributed by atoms with van der Waals surface area (Å²) in [6, 6.07) is 5.58. The van der Waals surface area contributed by atoms with Crippen LogP contribution in [-0.4, -0.2) is 43.4 Å². The molecule has 0 aliphatic heterocycles. The number of hydrogen-bond donors (Lipinski definition) is 2. The monoisotopic (exact) mass is 277 g/mol. The van der Waals surface area contributed by atoms with E-state index in [1.165, 1.54) is 6.92 Å². The Bertz CT molecular complexity index is 468. The summed E-state index contributed by atoms with van der Waals surface area (Å²) in [5.41, 5.74) is 1.69. The van der Waals surface area contributed by atoms with Crippen molar-refractivity contribution in [2.75, 3.05) is 31.1 Å². The van der Waals surface area contributed by atoms with E-state index in [1.54, 1.807) is 12.3 Å². The van der Waals surface area contributed by atoms with Crippen molar-refractivity contribution in [3.8, 4) is 5.75 Å². The molecule has 0 aliphatic rings. The molecule has 1 rings (SSSR count). The predicted molar refractivity (Wildman–Crippen MR) is 82.8 cm³/mol. The Morgan fingerprint density at radius 3 is 2.65 bits per heavy atom. The molecule has 0 unspecified atom stereocenters. The van der Waals surface area contributed by atoms with Gasteiger partial charge in [0.15, 0.2) is 0 Å². The summed E-state index contributed by atoms with van der Waals surface area (Å²) in [5, 5.41) is 12.7. The largest absolute Gasteiger partial charge is 0.507 e. The van der Waals surface area contributed by atoms with Crippen molar-refractivity contribution in [1.82, 2.24) is 5.32 Å². The van der Waals surface area contributed by atoms with Gasteiger partial charge in [0.1, 0.15) is 5.75 Å². The molecule has 0 aliphatic carbocycles. The second-order valence-corrected chi connectivity index (χ2v) is 4.43. The number of aromatic hydroxyl groups is 1. The normalized spacial score (nSPS) is 10.8. The first kappa shape index (κ1) is 16.0. The number of aliphatic imine (C=N–C) groups is 1. The molecule has 0 spiro atoms. The van der Waals surface area contributed by atoms with Gasteiger partial charge < -0.3 is 15.3 Å². The van der Waals surface area contributed by atoms with Gasteiger partial charge in [-0.15, -0.1) is 0 Å². The van der Waals surface area contributed by atoms with Gasteiger partial charge in [-0.05, 0) is 26.0 Å². The van der Waals surface area contributed by atoms with Crippen LogP contribution in [0.5, 0.6) is 5.75 Å². The Morgan fingerprint density at radius 2 is 2.10 bits per heavy atom. The van der Waals surface area contributed by atoms with E-state index in [1.807, 2.05) is 12.1 Å². The molecule has 5 heteroatoms. The molecule has 1 amide bonds. The number of rotatable bonds is 7. The molecule has 5 nitrogen and oxygen atoms in total. The first-order valence-electron chi connectivity index (χ1n) is 6.90. The maximum Gasteiger partial charge on any atom is 0.216 e. The van der Waals surface area contributed by atoms with Crippen LogP contribution >= 0.6 is 0 Å². The van der Waals surface area contributed by atoms with Crippen LogP contribution < -0.4 is 10.2 Å². The lowest BCUT2D eigenvalue weighted by Gasteiger charge is -2.21. The fourth-order valence-electron chi connectivity index (χ4n) is 1.89. The Morgan fingerprint density at radius 1 is 1.40 bits per heavy atom. The fourth-order valence-corrected chi connectivity index (χ4v) is 1.89. The third-order valence-corrected chi connectivity index (χ3v) is 2.99. The summed E-state index contributed by atoms with van der Waals surface area (Å²) in [7, 11) is 0. The lowest BCUT2D eigenvalue weighted by molar-refractivity contribution is -0.118. The lowest BCUT2D eigenvalue weighted by Crippen LogP contribution is -2.22. The average Bonchev–Trinajstić information content (AvgIpc) is 2.41. The molecule has 0 saturated heterocycles. The van der Waals surface area contributed by atoms with Gasteiger partial charge in [-0.1, -0.05) is 0 Å². The van der Waals surface area contributed by atoms with E-state index in [4.69, 9.17) is 0 Å². The molecule has 0 atom stereocenters. The summed E-state index contributed by atoms with van der Waals surface area (Å²) in [6.07, 6.45) is 1.63. The molecule has 110 valence electrons. The highest BCUT2D eigenvalue weighted by Crippen LogP contribution is 2.23. The number of phenols is 1. The van der Waals surface area contributed by atoms with Gasteiger partial charge in [0.25, 0.3) is 0 Å². The van der Waals surface area contributed by atoms with Crippen LogP contribution in [0.1, 0.15) is 26.3 Å². The molecular formula is C15H23N3O2. The van der Waals surface area contributed by atoms with Gasteiger partial charge in [-0.2, -0.15) is 0 Å². The number of benzene rings is 1. The third-order valence-electron chi connectivity index (χ3n) is 2.99. The number of nitrogens with zero attached hydrogens (tertiary/aromatic N) is 2. The van der Waals surface area contributed by atoms with Crippen LogP contribution in [0.4, 0.5) is 5.69 Å². The van der Waals surface area contributed by atoms with Gasteiger partial charge >= 0.3 is 0 Å². The SMILES string of the molecule is CCN(CC)c1ccc(C=NCCNC(C)=O)c(O)c1. The van der Waals surface area contributed by atoms with E-state index in [2.05, 4.69) is 29.1 Å². The van der Waals surface area contributed by atoms with Gasteiger partial charge in [0.05, 0.1) is 6.54 Å². The minimum Gasteiger partial charge on any atom is -0.507 e. The smallest absolute Gasteiger partial charge is 0.216 e. The Labute approximate surface area is 120 Å². The van der Waals surface area contributed by atoms with Crippen LogP contribution in [0.25, 0.3) is 0 Å². The minimum absolute atomic E-state index is 0.0633. The minimum atomic E-state index is -0.0633. The summed E-state index contributed by atoms with van der Waals surface area (Å²) < 4.78 is 0. The van der Waals surface area contributed by atoms with Crippen molar-refractivity contribution in [2.24, 2.45) is 4.99 Å². The first-order chi connectivity index (χ1) is 9.58. The molecule has 0 aromatic heterocycles. The summed E-state index contributed by atoms with van der Waals surface area (Å²) in [4.78, 5) is 17.0. The number of hydrogen-bond acceptors (Lipinski definition) is 4. The molecule has 0 fully saturated rings. The van der Waals surface area contributed by atoms with E-state index >= 15 is 0 Å². The highest BCUT2D eigenvalue weighted by Gasteiger charge is 2.05. The second kappa shape index (κ2) is 8.19. The van der Waals surface area contributed by atoms with Gasteiger partial charge in [-0.3, -0.25) is 9.79 Å². The van der Waals surface area contributed by atoms with Crippen LogP contribution in [0.15, 0.2) is 23.2 Å². The van der Waals surface area contributed by atoms with Crippen molar-refractivity contribution >= 4 is 17.8 Å². The van der Waals surface area contributed by atoms with Crippen molar-refractivity contribution < 1.29 is 9.90 Å². The molecule has 1 aromatic carbocycles. The van der Waals surface area contributed by atoms with Crippen LogP contribution in [-0.2, 0) is 4.79 Å². The van der Waals surface area contributed by atoms with E-state index in [0.717, 1.165) is 18.8 Å². The molecule has 0 saturated carbocycles. The first-order valence-corrected chi connectivity index (χ1v) is 6.90. The number of anilines is 1. The third kappa shape index (κ3) is 4.91. The zero-order chi connectivity index (χ0) is 15.0.